The highest BCUT2D eigenvalue weighted by Crippen LogP contribution is 2.21. The number of esters is 1. The van der Waals surface area contributed by atoms with Crippen molar-refractivity contribution < 1.29 is 9.53 Å². The molecular formula is C23H31ClN2O2. The van der Waals surface area contributed by atoms with Crippen molar-refractivity contribution in [2.45, 2.75) is 71.1 Å². The quantitative estimate of drug-likeness (QED) is 0.194. The monoisotopic (exact) mass is 402 g/mol. The third-order valence-corrected chi connectivity index (χ3v) is 5.35. The second-order valence-corrected chi connectivity index (χ2v) is 7.99. The minimum absolute atomic E-state index is 0.0247. The number of ether oxygens (including phenoxy) is 1. The number of alkyl halides is 1. The smallest absolute Gasteiger partial charge is 0.329 e. The summed E-state index contributed by atoms with van der Waals surface area (Å²) in [5, 5.41) is -0.651. The van der Waals surface area contributed by atoms with Gasteiger partial charge in [0.15, 0.2) is 5.82 Å². The lowest BCUT2D eigenvalue weighted by Gasteiger charge is -2.12. The second-order valence-electron chi connectivity index (χ2n) is 7.52. The number of aryl methyl sites for hydroxylation is 1. The predicted molar refractivity (Wildman–Crippen MR) is 115 cm³/mol. The summed E-state index contributed by atoms with van der Waals surface area (Å²) in [5.41, 5.74) is 2.06. The molecule has 5 heteroatoms. The second kappa shape index (κ2) is 11.8. The van der Waals surface area contributed by atoms with Crippen molar-refractivity contribution in [3.63, 3.8) is 0 Å². The van der Waals surface area contributed by atoms with Gasteiger partial charge in [0.05, 0.1) is 0 Å². The molecule has 4 nitrogen and oxygen atoms in total. The van der Waals surface area contributed by atoms with Crippen LogP contribution in [0.4, 0.5) is 0 Å². The third-order valence-electron chi connectivity index (χ3n) is 4.67. The van der Waals surface area contributed by atoms with E-state index >= 15 is 0 Å². The predicted octanol–water partition coefficient (Wildman–Crippen LogP) is 6.22. The maximum atomic E-state index is 11.9. The van der Waals surface area contributed by atoms with Crippen molar-refractivity contribution in [3.05, 3.63) is 42.2 Å². The number of aromatic nitrogens is 2. The zero-order chi connectivity index (χ0) is 20.4. The molecule has 2 rings (SSSR count). The fourth-order valence-electron chi connectivity index (χ4n) is 2.86. The summed E-state index contributed by atoms with van der Waals surface area (Å²) in [5.74, 6) is 0.734. The molecule has 0 amide bonds. The zero-order valence-electron chi connectivity index (χ0n) is 17.2. The van der Waals surface area contributed by atoms with E-state index in [1.807, 2.05) is 38.4 Å². The molecule has 0 aliphatic heterocycles. The number of carbonyl (C=O) groups excluding carboxylic acids is 1. The van der Waals surface area contributed by atoms with Gasteiger partial charge in [-0.05, 0) is 48.6 Å². The van der Waals surface area contributed by atoms with Crippen LogP contribution in [0.1, 0.15) is 64.9 Å². The highest BCUT2D eigenvalue weighted by atomic mass is 35.5. The lowest BCUT2D eigenvalue weighted by molar-refractivity contribution is -0.134. The van der Waals surface area contributed by atoms with Crippen LogP contribution < -0.4 is 4.74 Å². The minimum atomic E-state index is -0.651. The number of hydrogen-bond donors (Lipinski definition) is 0. The molecular weight excluding hydrogens is 372 g/mol. The van der Waals surface area contributed by atoms with Gasteiger partial charge in [-0.25, -0.2) is 9.97 Å². The van der Waals surface area contributed by atoms with E-state index in [-0.39, 0.29) is 5.92 Å². The number of benzene rings is 1. The average Bonchev–Trinajstić information content (AvgIpc) is 2.71. The van der Waals surface area contributed by atoms with Crippen LogP contribution in [0.5, 0.6) is 5.75 Å². The van der Waals surface area contributed by atoms with Gasteiger partial charge in [-0.2, -0.15) is 0 Å². The Bertz CT molecular complexity index is 714. The van der Waals surface area contributed by atoms with Crippen molar-refractivity contribution in [2.24, 2.45) is 5.92 Å². The molecule has 152 valence electrons. The Morgan fingerprint density at radius 2 is 1.61 bits per heavy atom. The topological polar surface area (TPSA) is 52.1 Å². The normalized spacial score (nSPS) is 12.2. The number of unbranched alkanes of at least 4 members (excludes halogenated alkanes) is 5. The largest absolute Gasteiger partial charge is 0.425 e. The first-order chi connectivity index (χ1) is 13.5. The molecule has 0 N–H and O–H groups in total. The number of rotatable bonds is 11. The van der Waals surface area contributed by atoms with Gasteiger partial charge in [-0.3, -0.25) is 4.79 Å². The highest BCUT2D eigenvalue weighted by molar-refractivity contribution is 6.30. The Balaban J connectivity index is 1.85. The van der Waals surface area contributed by atoms with Gasteiger partial charge in [-0.1, -0.05) is 52.9 Å². The summed E-state index contributed by atoms with van der Waals surface area (Å²) in [7, 11) is 0. The van der Waals surface area contributed by atoms with Crippen LogP contribution >= 0.6 is 11.6 Å². The summed E-state index contributed by atoms with van der Waals surface area (Å²) in [6.07, 6.45) is 12.5. The molecule has 1 heterocycles. The first-order valence-electron chi connectivity index (χ1n) is 10.3. The molecule has 0 bridgehead atoms. The van der Waals surface area contributed by atoms with E-state index in [0.29, 0.717) is 11.6 Å². The van der Waals surface area contributed by atoms with Crippen molar-refractivity contribution in [3.8, 4) is 17.1 Å². The van der Waals surface area contributed by atoms with E-state index in [1.54, 1.807) is 12.1 Å². The molecule has 1 aromatic carbocycles. The summed E-state index contributed by atoms with van der Waals surface area (Å²) in [6, 6.07) is 7.18. The average molecular weight is 403 g/mol. The number of nitrogens with zero attached hydrogens (tertiary/aromatic N) is 2. The number of hydrogen-bond acceptors (Lipinski definition) is 4. The third kappa shape index (κ3) is 7.23. The number of carbonyl (C=O) groups is 1. The van der Waals surface area contributed by atoms with Crippen LogP contribution in [-0.4, -0.2) is 21.3 Å². The number of halogens is 1. The van der Waals surface area contributed by atoms with Gasteiger partial charge in [0.1, 0.15) is 11.1 Å². The van der Waals surface area contributed by atoms with Crippen molar-refractivity contribution >= 4 is 17.6 Å². The van der Waals surface area contributed by atoms with Gasteiger partial charge in [0.2, 0.25) is 0 Å². The van der Waals surface area contributed by atoms with E-state index in [9.17, 15) is 4.79 Å². The molecule has 1 atom stereocenters. The first-order valence-corrected chi connectivity index (χ1v) is 10.7. The summed E-state index contributed by atoms with van der Waals surface area (Å²) >= 11 is 6.03. The summed E-state index contributed by atoms with van der Waals surface area (Å²) in [6.45, 7) is 6.01. The van der Waals surface area contributed by atoms with Gasteiger partial charge >= 0.3 is 5.97 Å². The van der Waals surface area contributed by atoms with E-state index in [2.05, 4.69) is 16.9 Å². The Hall–Kier alpha value is -1.94. The maximum absolute atomic E-state index is 11.9. The molecule has 28 heavy (non-hydrogen) atoms. The highest BCUT2D eigenvalue weighted by Gasteiger charge is 2.21. The Kier molecular flexibility index (Phi) is 9.42. The van der Waals surface area contributed by atoms with Crippen molar-refractivity contribution in [1.29, 1.82) is 0 Å². The zero-order valence-corrected chi connectivity index (χ0v) is 17.9. The Morgan fingerprint density at radius 3 is 2.21 bits per heavy atom. The minimum Gasteiger partial charge on any atom is -0.425 e. The molecule has 0 fully saturated rings. The molecule has 0 aliphatic rings. The summed E-state index contributed by atoms with van der Waals surface area (Å²) < 4.78 is 5.32. The molecule has 1 unspecified atom stereocenters. The molecule has 0 saturated heterocycles. The van der Waals surface area contributed by atoms with Crippen LogP contribution in [0, 0.1) is 5.92 Å². The fraction of sp³-hybridized carbons (Fsp3) is 0.522. The van der Waals surface area contributed by atoms with Crippen molar-refractivity contribution in [2.75, 3.05) is 0 Å². The Morgan fingerprint density at radius 1 is 1.00 bits per heavy atom. The van der Waals surface area contributed by atoms with Crippen LogP contribution in [0.2, 0.25) is 0 Å². The molecule has 0 spiro atoms. The standard InChI is InChI=1S/C23H31ClN2O2/c1-4-5-6-7-8-9-10-18-15-25-22(26-16-18)19-11-13-20(14-12-19)28-23(27)21(24)17(2)3/h11-17,21H,4-10H2,1-3H3. The molecule has 0 saturated carbocycles. The molecule has 1 aromatic heterocycles. The Labute approximate surface area is 173 Å². The molecule has 0 aliphatic carbocycles. The van der Waals surface area contributed by atoms with Crippen LogP contribution in [0.3, 0.4) is 0 Å². The van der Waals surface area contributed by atoms with E-state index < -0.39 is 11.3 Å². The van der Waals surface area contributed by atoms with Gasteiger partial charge in [-0.15, -0.1) is 11.6 Å². The van der Waals surface area contributed by atoms with Crippen molar-refractivity contribution in [1.82, 2.24) is 9.97 Å². The maximum Gasteiger partial charge on any atom is 0.329 e. The van der Waals surface area contributed by atoms with Gasteiger partial charge in [0.25, 0.3) is 0 Å². The lowest BCUT2D eigenvalue weighted by Crippen LogP contribution is -2.25. The van der Waals surface area contributed by atoms with E-state index in [4.69, 9.17) is 16.3 Å². The SMILES string of the molecule is CCCCCCCCc1cnc(-c2ccc(OC(=O)C(Cl)C(C)C)cc2)nc1. The van der Waals surface area contributed by atoms with Crippen LogP contribution in [-0.2, 0) is 11.2 Å². The van der Waals surface area contributed by atoms with Gasteiger partial charge in [0, 0.05) is 18.0 Å². The van der Waals surface area contributed by atoms with Crippen LogP contribution in [0.15, 0.2) is 36.7 Å². The van der Waals surface area contributed by atoms with Gasteiger partial charge < -0.3 is 4.74 Å². The van der Waals surface area contributed by atoms with E-state index in [1.165, 1.54) is 44.1 Å². The molecule has 0 radical (unpaired) electrons. The first kappa shape index (κ1) is 22.4. The van der Waals surface area contributed by atoms with E-state index in [0.717, 1.165) is 12.0 Å². The molecule has 2 aromatic rings. The van der Waals surface area contributed by atoms with Crippen LogP contribution in [0.25, 0.3) is 11.4 Å². The fourth-order valence-corrected chi connectivity index (χ4v) is 2.90. The summed E-state index contributed by atoms with van der Waals surface area (Å²) in [4.78, 5) is 20.9. The lowest BCUT2D eigenvalue weighted by atomic mass is 10.1.